The fourth-order valence-corrected chi connectivity index (χ4v) is 2.79. The topological polar surface area (TPSA) is 52.1 Å². The van der Waals surface area contributed by atoms with Gasteiger partial charge in [0.2, 0.25) is 0 Å². The lowest BCUT2D eigenvalue weighted by Crippen LogP contribution is -2.06. The minimum Gasteiger partial charge on any atom is -0.461 e. The smallest absolute Gasteiger partial charge is 0.358 e. The van der Waals surface area contributed by atoms with Crippen LogP contribution >= 0.6 is 22.7 Å². The molecule has 2 aromatic heterocycles. The van der Waals surface area contributed by atoms with E-state index in [0.29, 0.717) is 12.3 Å². The van der Waals surface area contributed by atoms with E-state index in [4.69, 9.17) is 4.74 Å². The average molecular weight is 254 g/mol. The Kier molecular flexibility index (Phi) is 3.31. The standard InChI is InChI=1S/C10H10N2O2S2/c1-3-14-10(13)7-6(2)16-9(12-7)8-11-4-5-15-8/h4-5H,3H2,1-2H3. The molecular weight excluding hydrogens is 244 g/mol. The second-order valence-electron chi connectivity index (χ2n) is 2.98. The van der Waals surface area contributed by atoms with Crippen molar-refractivity contribution in [1.82, 2.24) is 9.97 Å². The minimum atomic E-state index is -0.362. The molecule has 0 saturated heterocycles. The van der Waals surface area contributed by atoms with Crippen molar-refractivity contribution in [1.29, 1.82) is 0 Å². The van der Waals surface area contributed by atoms with E-state index in [9.17, 15) is 4.79 Å². The maximum absolute atomic E-state index is 11.6. The molecule has 0 amide bonds. The summed E-state index contributed by atoms with van der Waals surface area (Å²) in [5, 5.41) is 3.50. The van der Waals surface area contributed by atoms with E-state index >= 15 is 0 Å². The molecule has 84 valence electrons. The summed E-state index contributed by atoms with van der Waals surface area (Å²) in [5.74, 6) is -0.362. The van der Waals surface area contributed by atoms with Gasteiger partial charge in [-0.15, -0.1) is 22.7 Å². The van der Waals surface area contributed by atoms with E-state index in [2.05, 4.69) is 9.97 Å². The third-order valence-electron chi connectivity index (χ3n) is 1.88. The van der Waals surface area contributed by atoms with Gasteiger partial charge in [-0.25, -0.2) is 14.8 Å². The van der Waals surface area contributed by atoms with Crippen molar-refractivity contribution in [2.45, 2.75) is 13.8 Å². The fourth-order valence-electron chi connectivity index (χ4n) is 1.21. The number of thiazole rings is 2. The van der Waals surface area contributed by atoms with Crippen LogP contribution < -0.4 is 0 Å². The van der Waals surface area contributed by atoms with Crippen molar-refractivity contribution in [3.05, 3.63) is 22.1 Å². The first kappa shape index (κ1) is 11.2. The van der Waals surface area contributed by atoms with Crippen LogP contribution in [0.4, 0.5) is 0 Å². The summed E-state index contributed by atoms with van der Waals surface area (Å²) in [4.78, 5) is 20.8. The molecule has 0 saturated carbocycles. The van der Waals surface area contributed by atoms with Gasteiger partial charge in [0.25, 0.3) is 0 Å². The Hall–Kier alpha value is -1.27. The number of nitrogens with zero attached hydrogens (tertiary/aromatic N) is 2. The van der Waals surface area contributed by atoms with Gasteiger partial charge in [0, 0.05) is 16.5 Å². The Bertz CT molecular complexity index is 491. The van der Waals surface area contributed by atoms with Gasteiger partial charge in [-0.2, -0.15) is 0 Å². The second-order valence-corrected chi connectivity index (χ2v) is 5.08. The lowest BCUT2D eigenvalue weighted by atomic mass is 10.4. The van der Waals surface area contributed by atoms with E-state index in [-0.39, 0.29) is 5.97 Å². The Morgan fingerprint density at radius 1 is 1.50 bits per heavy atom. The van der Waals surface area contributed by atoms with Crippen LogP contribution in [-0.4, -0.2) is 22.5 Å². The van der Waals surface area contributed by atoms with E-state index in [1.807, 2.05) is 12.3 Å². The molecule has 0 aliphatic rings. The second kappa shape index (κ2) is 4.71. The van der Waals surface area contributed by atoms with Crippen molar-refractivity contribution in [2.24, 2.45) is 0 Å². The van der Waals surface area contributed by atoms with Crippen molar-refractivity contribution >= 4 is 28.6 Å². The molecular formula is C10H10N2O2S2. The minimum absolute atomic E-state index is 0.362. The zero-order chi connectivity index (χ0) is 11.5. The summed E-state index contributed by atoms with van der Waals surface area (Å²) < 4.78 is 4.93. The van der Waals surface area contributed by atoms with Gasteiger partial charge in [-0.1, -0.05) is 0 Å². The molecule has 0 spiro atoms. The number of hydrogen-bond donors (Lipinski definition) is 0. The fraction of sp³-hybridized carbons (Fsp3) is 0.300. The van der Waals surface area contributed by atoms with Crippen LogP contribution in [0, 0.1) is 6.92 Å². The Balaban J connectivity index is 2.32. The van der Waals surface area contributed by atoms with E-state index in [1.165, 1.54) is 22.7 Å². The summed E-state index contributed by atoms with van der Waals surface area (Å²) in [5.41, 5.74) is 0.400. The monoisotopic (exact) mass is 254 g/mol. The van der Waals surface area contributed by atoms with Crippen molar-refractivity contribution in [2.75, 3.05) is 6.61 Å². The molecule has 6 heteroatoms. The zero-order valence-corrected chi connectivity index (χ0v) is 10.5. The molecule has 2 rings (SSSR count). The first-order chi connectivity index (χ1) is 7.72. The molecule has 0 fully saturated rings. The number of hydrogen-bond acceptors (Lipinski definition) is 6. The molecule has 0 N–H and O–H groups in total. The van der Waals surface area contributed by atoms with Crippen LogP contribution in [0.1, 0.15) is 22.3 Å². The lowest BCUT2D eigenvalue weighted by molar-refractivity contribution is 0.0519. The van der Waals surface area contributed by atoms with Crippen molar-refractivity contribution in [3.63, 3.8) is 0 Å². The molecule has 0 aliphatic heterocycles. The first-order valence-electron chi connectivity index (χ1n) is 4.76. The summed E-state index contributed by atoms with van der Waals surface area (Å²) in [6.07, 6.45) is 1.72. The number of carbonyl (C=O) groups is 1. The summed E-state index contributed by atoms with van der Waals surface area (Å²) in [6, 6.07) is 0. The molecule has 0 radical (unpaired) electrons. The molecule has 4 nitrogen and oxygen atoms in total. The average Bonchev–Trinajstić information content (AvgIpc) is 2.86. The van der Waals surface area contributed by atoms with E-state index in [0.717, 1.165) is 14.9 Å². The van der Waals surface area contributed by atoms with Crippen LogP contribution in [-0.2, 0) is 4.74 Å². The highest BCUT2D eigenvalue weighted by atomic mass is 32.1. The highest BCUT2D eigenvalue weighted by molar-refractivity contribution is 7.20. The van der Waals surface area contributed by atoms with Crippen molar-refractivity contribution in [3.8, 4) is 10.0 Å². The van der Waals surface area contributed by atoms with Gasteiger partial charge in [0.15, 0.2) is 15.7 Å². The Morgan fingerprint density at radius 3 is 2.94 bits per heavy atom. The van der Waals surface area contributed by atoms with Crippen LogP contribution in [0.3, 0.4) is 0 Å². The maximum atomic E-state index is 11.6. The molecule has 16 heavy (non-hydrogen) atoms. The number of carbonyl (C=O) groups excluding carboxylic acids is 1. The molecule has 2 heterocycles. The summed E-state index contributed by atoms with van der Waals surface area (Å²) >= 11 is 2.97. The number of rotatable bonds is 3. The molecule has 0 unspecified atom stereocenters. The SMILES string of the molecule is CCOC(=O)c1nc(-c2nccs2)sc1C. The number of ether oxygens (including phenoxy) is 1. The Labute approximate surface area is 101 Å². The van der Waals surface area contributed by atoms with Crippen LogP contribution in [0.25, 0.3) is 10.0 Å². The predicted octanol–water partition coefficient (Wildman–Crippen LogP) is 2.75. The van der Waals surface area contributed by atoms with Gasteiger partial charge >= 0.3 is 5.97 Å². The van der Waals surface area contributed by atoms with Crippen LogP contribution in [0.2, 0.25) is 0 Å². The number of aryl methyl sites for hydroxylation is 1. The van der Waals surface area contributed by atoms with Gasteiger partial charge in [0.1, 0.15) is 0 Å². The van der Waals surface area contributed by atoms with E-state index in [1.54, 1.807) is 13.1 Å². The first-order valence-corrected chi connectivity index (χ1v) is 6.46. The van der Waals surface area contributed by atoms with Gasteiger partial charge in [0.05, 0.1) is 6.61 Å². The predicted molar refractivity (Wildman–Crippen MR) is 63.9 cm³/mol. The maximum Gasteiger partial charge on any atom is 0.358 e. The molecule has 0 bridgehead atoms. The summed E-state index contributed by atoms with van der Waals surface area (Å²) in [6.45, 7) is 4.00. The molecule has 0 atom stereocenters. The Morgan fingerprint density at radius 2 is 2.31 bits per heavy atom. The normalized spacial score (nSPS) is 10.4. The summed E-state index contributed by atoms with van der Waals surface area (Å²) in [7, 11) is 0. The quantitative estimate of drug-likeness (QED) is 0.790. The largest absolute Gasteiger partial charge is 0.461 e. The van der Waals surface area contributed by atoms with Crippen LogP contribution in [0.5, 0.6) is 0 Å². The van der Waals surface area contributed by atoms with Gasteiger partial charge in [-0.3, -0.25) is 0 Å². The van der Waals surface area contributed by atoms with Gasteiger partial charge in [-0.05, 0) is 13.8 Å². The van der Waals surface area contributed by atoms with Gasteiger partial charge < -0.3 is 4.74 Å². The third-order valence-corrected chi connectivity index (χ3v) is 3.77. The molecule has 0 aromatic carbocycles. The highest BCUT2D eigenvalue weighted by Gasteiger charge is 2.17. The van der Waals surface area contributed by atoms with Crippen molar-refractivity contribution < 1.29 is 9.53 Å². The zero-order valence-electron chi connectivity index (χ0n) is 8.89. The number of esters is 1. The van der Waals surface area contributed by atoms with E-state index < -0.39 is 0 Å². The highest BCUT2D eigenvalue weighted by Crippen LogP contribution is 2.29. The lowest BCUT2D eigenvalue weighted by Gasteiger charge is -1.97. The third kappa shape index (κ3) is 2.12. The van der Waals surface area contributed by atoms with Crippen LogP contribution in [0.15, 0.2) is 11.6 Å². The molecule has 0 aliphatic carbocycles. The molecule has 2 aromatic rings. The number of aromatic nitrogens is 2.